The van der Waals surface area contributed by atoms with Crippen LogP contribution in [0.1, 0.15) is 48.9 Å². The molecule has 3 heteroatoms. The molecule has 1 rings (SSSR count). The van der Waals surface area contributed by atoms with Gasteiger partial charge in [-0.05, 0) is 49.1 Å². The minimum absolute atomic E-state index is 0.188. The first-order valence-electron chi connectivity index (χ1n) is 6.51. The van der Waals surface area contributed by atoms with Crippen molar-refractivity contribution in [1.29, 1.82) is 0 Å². The molecule has 1 atom stereocenters. The minimum Gasteiger partial charge on any atom is -0.496 e. The van der Waals surface area contributed by atoms with Crippen molar-refractivity contribution in [2.75, 3.05) is 20.8 Å². The van der Waals surface area contributed by atoms with Gasteiger partial charge in [0.15, 0.2) is 0 Å². The van der Waals surface area contributed by atoms with E-state index in [9.17, 15) is 0 Å². The molecule has 0 saturated heterocycles. The maximum Gasteiger partial charge on any atom is 0.122 e. The molecule has 3 nitrogen and oxygen atoms in total. The van der Waals surface area contributed by atoms with E-state index in [0.29, 0.717) is 5.92 Å². The molecule has 0 spiro atoms. The van der Waals surface area contributed by atoms with Crippen LogP contribution in [-0.2, 0) is 0 Å². The van der Waals surface area contributed by atoms with Gasteiger partial charge in [-0.25, -0.2) is 0 Å². The number of rotatable bonds is 6. The second-order valence-corrected chi connectivity index (χ2v) is 4.96. The van der Waals surface area contributed by atoms with E-state index in [1.807, 2.05) is 7.05 Å². The van der Waals surface area contributed by atoms with Gasteiger partial charge >= 0.3 is 0 Å². The van der Waals surface area contributed by atoms with E-state index in [0.717, 1.165) is 12.2 Å². The zero-order valence-electron chi connectivity index (χ0n) is 12.1. The summed E-state index contributed by atoms with van der Waals surface area (Å²) in [5.41, 5.74) is 3.66. The maximum atomic E-state index is 9.13. The Bertz CT molecular complexity index is 388. The standard InChI is InChI=1S/C15H25NO2/c1-10(2)12-9-13(14(16-4)6-7-17)11(3)8-15(12)18-5/h8-10,14,16-17H,6-7H2,1-5H3. The molecule has 0 aliphatic rings. The lowest BCUT2D eigenvalue weighted by Gasteiger charge is -2.22. The number of hydrogen-bond donors (Lipinski definition) is 2. The Labute approximate surface area is 110 Å². The van der Waals surface area contributed by atoms with E-state index in [-0.39, 0.29) is 12.6 Å². The quantitative estimate of drug-likeness (QED) is 0.817. The summed E-state index contributed by atoms with van der Waals surface area (Å²) in [4.78, 5) is 0. The molecule has 102 valence electrons. The fourth-order valence-corrected chi connectivity index (χ4v) is 2.30. The molecule has 1 unspecified atom stereocenters. The molecule has 0 aliphatic heterocycles. The summed E-state index contributed by atoms with van der Waals surface area (Å²) in [6.07, 6.45) is 0.723. The van der Waals surface area contributed by atoms with Gasteiger partial charge in [0, 0.05) is 12.6 Å². The SMILES string of the molecule is CNC(CCO)c1cc(C(C)C)c(OC)cc1C. The van der Waals surface area contributed by atoms with E-state index >= 15 is 0 Å². The highest BCUT2D eigenvalue weighted by atomic mass is 16.5. The van der Waals surface area contributed by atoms with Crippen molar-refractivity contribution in [2.45, 2.75) is 39.2 Å². The third-order valence-electron chi connectivity index (χ3n) is 3.38. The summed E-state index contributed by atoms with van der Waals surface area (Å²) < 4.78 is 5.45. The summed E-state index contributed by atoms with van der Waals surface area (Å²) in [5, 5.41) is 12.4. The monoisotopic (exact) mass is 251 g/mol. The molecule has 0 aliphatic carbocycles. The Morgan fingerprint density at radius 2 is 1.94 bits per heavy atom. The lowest BCUT2D eigenvalue weighted by molar-refractivity contribution is 0.268. The van der Waals surface area contributed by atoms with Crippen LogP contribution in [0.3, 0.4) is 0 Å². The Balaban J connectivity index is 3.23. The van der Waals surface area contributed by atoms with Crippen LogP contribution in [0.2, 0.25) is 0 Å². The second-order valence-electron chi connectivity index (χ2n) is 4.96. The van der Waals surface area contributed by atoms with Gasteiger partial charge in [0.05, 0.1) is 7.11 Å². The van der Waals surface area contributed by atoms with Crippen LogP contribution < -0.4 is 10.1 Å². The topological polar surface area (TPSA) is 41.5 Å². The average Bonchev–Trinajstić information content (AvgIpc) is 2.35. The summed E-state index contributed by atoms with van der Waals surface area (Å²) in [6.45, 7) is 6.60. The molecular formula is C15H25NO2. The highest BCUT2D eigenvalue weighted by Crippen LogP contribution is 2.32. The van der Waals surface area contributed by atoms with Crippen LogP contribution in [0.15, 0.2) is 12.1 Å². The Kier molecular flexibility index (Phi) is 5.63. The minimum atomic E-state index is 0.188. The van der Waals surface area contributed by atoms with E-state index in [2.05, 4.69) is 38.2 Å². The summed E-state index contributed by atoms with van der Waals surface area (Å²) >= 11 is 0. The first-order valence-corrected chi connectivity index (χ1v) is 6.51. The largest absolute Gasteiger partial charge is 0.496 e. The van der Waals surface area contributed by atoms with E-state index in [4.69, 9.17) is 9.84 Å². The summed E-state index contributed by atoms with van der Waals surface area (Å²) in [5.74, 6) is 1.37. The zero-order valence-corrected chi connectivity index (χ0v) is 12.1. The van der Waals surface area contributed by atoms with Gasteiger partial charge in [0.2, 0.25) is 0 Å². The second kappa shape index (κ2) is 6.76. The number of benzene rings is 1. The lowest BCUT2D eigenvalue weighted by atomic mass is 9.92. The van der Waals surface area contributed by atoms with Crippen molar-refractivity contribution >= 4 is 0 Å². The van der Waals surface area contributed by atoms with Gasteiger partial charge in [-0.1, -0.05) is 19.9 Å². The predicted molar refractivity (Wildman–Crippen MR) is 75.3 cm³/mol. The lowest BCUT2D eigenvalue weighted by Crippen LogP contribution is -2.19. The molecule has 18 heavy (non-hydrogen) atoms. The van der Waals surface area contributed by atoms with Crippen molar-refractivity contribution in [2.24, 2.45) is 0 Å². The molecule has 1 aromatic carbocycles. The molecule has 0 radical (unpaired) electrons. The Morgan fingerprint density at radius 3 is 2.39 bits per heavy atom. The zero-order chi connectivity index (χ0) is 13.7. The highest BCUT2D eigenvalue weighted by Gasteiger charge is 2.16. The predicted octanol–water partition coefficient (Wildman–Crippen LogP) is 2.77. The first-order chi connectivity index (χ1) is 8.54. The van der Waals surface area contributed by atoms with Crippen molar-refractivity contribution in [3.63, 3.8) is 0 Å². The number of ether oxygens (including phenoxy) is 1. The third-order valence-corrected chi connectivity index (χ3v) is 3.38. The molecule has 0 aromatic heterocycles. The van der Waals surface area contributed by atoms with Crippen LogP contribution in [0, 0.1) is 6.92 Å². The van der Waals surface area contributed by atoms with Crippen molar-refractivity contribution < 1.29 is 9.84 Å². The molecule has 0 fully saturated rings. The summed E-state index contributed by atoms with van der Waals surface area (Å²) in [7, 11) is 3.64. The van der Waals surface area contributed by atoms with Gasteiger partial charge in [-0.3, -0.25) is 0 Å². The van der Waals surface area contributed by atoms with Crippen LogP contribution in [0.5, 0.6) is 5.75 Å². The fraction of sp³-hybridized carbons (Fsp3) is 0.600. The van der Waals surface area contributed by atoms with E-state index in [1.165, 1.54) is 16.7 Å². The van der Waals surface area contributed by atoms with E-state index in [1.54, 1.807) is 7.11 Å². The molecule has 1 aromatic rings. The number of hydrogen-bond acceptors (Lipinski definition) is 3. The van der Waals surface area contributed by atoms with Crippen LogP contribution >= 0.6 is 0 Å². The molecule has 0 bridgehead atoms. The number of aryl methyl sites for hydroxylation is 1. The molecule has 2 N–H and O–H groups in total. The van der Waals surface area contributed by atoms with Gasteiger partial charge in [-0.2, -0.15) is 0 Å². The van der Waals surface area contributed by atoms with Crippen molar-refractivity contribution in [3.8, 4) is 5.75 Å². The third kappa shape index (κ3) is 3.24. The molecule has 0 heterocycles. The van der Waals surface area contributed by atoms with Crippen molar-refractivity contribution in [1.82, 2.24) is 5.32 Å². The number of aliphatic hydroxyl groups is 1. The first kappa shape index (κ1) is 15.0. The maximum absolute atomic E-state index is 9.13. The van der Waals surface area contributed by atoms with Gasteiger partial charge in [-0.15, -0.1) is 0 Å². The van der Waals surface area contributed by atoms with Crippen molar-refractivity contribution in [3.05, 3.63) is 28.8 Å². The van der Waals surface area contributed by atoms with Crippen LogP contribution in [0.4, 0.5) is 0 Å². The normalized spacial score (nSPS) is 12.8. The Hall–Kier alpha value is -1.06. The number of nitrogens with one attached hydrogen (secondary N) is 1. The van der Waals surface area contributed by atoms with Crippen LogP contribution in [-0.4, -0.2) is 25.9 Å². The highest BCUT2D eigenvalue weighted by molar-refractivity contribution is 5.45. The van der Waals surface area contributed by atoms with Gasteiger partial charge < -0.3 is 15.2 Å². The van der Waals surface area contributed by atoms with Gasteiger partial charge in [0.25, 0.3) is 0 Å². The fourth-order valence-electron chi connectivity index (χ4n) is 2.30. The van der Waals surface area contributed by atoms with E-state index < -0.39 is 0 Å². The average molecular weight is 251 g/mol. The molecule has 0 saturated carbocycles. The number of aliphatic hydroxyl groups excluding tert-OH is 1. The molecular weight excluding hydrogens is 226 g/mol. The summed E-state index contributed by atoms with van der Waals surface area (Å²) in [6, 6.07) is 4.49. The number of methoxy groups -OCH3 is 1. The van der Waals surface area contributed by atoms with Crippen LogP contribution in [0.25, 0.3) is 0 Å². The smallest absolute Gasteiger partial charge is 0.122 e. The van der Waals surface area contributed by atoms with Gasteiger partial charge in [0.1, 0.15) is 5.75 Å². The molecule has 0 amide bonds. The Morgan fingerprint density at radius 1 is 1.28 bits per heavy atom.